The van der Waals surface area contributed by atoms with Crippen LogP contribution in [0.4, 0.5) is 13.2 Å². The number of hydrogen-bond acceptors (Lipinski definition) is 2. The molecule has 1 aromatic rings. The number of benzene rings is 1. The van der Waals surface area contributed by atoms with Crippen LogP contribution in [0.5, 0.6) is 0 Å². The average Bonchev–Trinajstić information content (AvgIpc) is 2.24. The van der Waals surface area contributed by atoms with E-state index in [4.69, 9.17) is 22.1 Å². The molecule has 1 atom stereocenters. The second-order valence-corrected chi connectivity index (χ2v) is 3.92. The number of halogens is 4. The third-order valence-electron chi connectivity index (χ3n) is 2.19. The number of hydrogen-bond donors (Lipinski definition) is 1. The molecule has 0 saturated carbocycles. The minimum atomic E-state index is -4.40. The summed E-state index contributed by atoms with van der Waals surface area (Å²) in [5.41, 5.74) is 5.65. The molecule has 6 heteroatoms. The molecule has 0 fully saturated rings. The molecule has 0 heterocycles. The summed E-state index contributed by atoms with van der Waals surface area (Å²) in [4.78, 5) is 0. The fourth-order valence-corrected chi connectivity index (χ4v) is 1.49. The van der Waals surface area contributed by atoms with Gasteiger partial charge in [0.25, 0.3) is 0 Å². The van der Waals surface area contributed by atoms with Crippen LogP contribution in [0, 0.1) is 0 Å². The summed E-state index contributed by atoms with van der Waals surface area (Å²) in [5, 5.41) is 0.390. The largest absolute Gasteiger partial charge is 0.414 e. The number of rotatable bonds is 5. The number of alkyl halides is 3. The lowest BCUT2D eigenvalue weighted by Crippen LogP contribution is -2.33. The zero-order chi connectivity index (χ0) is 12.9. The van der Waals surface area contributed by atoms with Crippen molar-refractivity contribution in [2.24, 2.45) is 5.73 Å². The normalized spacial score (nSPS) is 13.7. The van der Waals surface area contributed by atoms with Crippen LogP contribution in [0.2, 0.25) is 5.02 Å². The molecule has 96 valence electrons. The first kappa shape index (κ1) is 14.3. The Labute approximate surface area is 103 Å². The van der Waals surface area contributed by atoms with Crippen LogP contribution in [0.1, 0.15) is 12.0 Å². The molecule has 0 aromatic heterocycles. The van der Waals surface area contributed by atoms with Crippen molar-refractivity contribution in [1.82, 2.24) is 0 Å². The van der Waals surface area contributed by atoms with Gasteiger partial charge in [-0.25, -0.2) is 0 Å². The summed E-state index contributed by atoms with van der Waals surface area (Å²) in [6.45, 7) is -0.253. The maximum atomic E-state index is 12.5. The first-order valence-electron chi connectivity index (χ1n) is 5.07. The highest BCUT2D eigenvalue weighted by atomic mass is 35.5. The SMILES string of the molecule is NCCC(OCc1ccccc1Cl)C(F)(F)F. The summed E-state index contributed by atoms with van der Waals surface area (Å²) in [5.74, 6) is 0. The van der Waals surface area contributed by atoms with Crippen LogP contribution in [-0.2, 0) is 11.3 Å². The molecule has 0 radical (unpaired) electrons. The second-order valence-electron chi connectivity index (χ2n) is 3.51. The van der Waals surface area contributed by atoms with E-state index in [-0.39, 0.29) is 19.6 Å². The fourth-order valence-electron chi connectivity index (χ4n) is 1.30. The Bertz CT molecular complexity index is 357. The van der Waals surface area contributed by atoms with E-state index in [1.165, 1.54) is 0 Å². The first-order chi connectivity index (χ1) is 7.95. The van der Waals surface area contributed by atoms with Crippen LogP contribution in [0.25, 0.3) is 0 Å². The summed E-state index contributed by atoms with van der Waals surface area (Å²) in [6.07, 6.45) is -6.50. The van der Waals surface area contributed by atoms with Gasteiger partial charge in [-0.2, -0.15) is 13.2 Å². The molecule has 0 aliphatic heterocycles. The van der Waals surface area contributed by atoms with Crippen LogP contribution in [-0.4, -0.2) is 18.8 Å². The van der Waals surface area contributed by atoms with Crippen molar-refractivity contribution >= 4 is 11.6 Å². The molecule has 1 unspecified atom stereocenters. The molecular formula is C11H13ClF3NO. The standard InChI is InChI=1S/C11H13ClF3NO/c12-9-4-2-1-3-8(9)7-17-10(5-6-16)11(13,14)15/h1-4,10H,5-7,16H2. The van der Waals surface area contributed by atoms with E-state index in [0.717, 1.165) is 0 Å². The van der Waals surface area contributed by atoms with E-state index in [1.807, 2.05) is 0 Å². The summed E-state index contributed by atoms with van der Waals surface area (Å²) >= 11 is 5.81. The molecule has 17 heavy (non-hydrogen) atoms. The molecule has 0 aliphatic rings. The Hall–Kier alpha value is -0.780. The molecule has 1 aromatic carbocycles. The van der Waals surface area contributed by atoms with E-state index in [9.17, 15) is 13.2 Å². The molecule has 0 spiro atoms. The van der Waals surface area contributed by atoms with Crippen molar-refractivity contribution in [3.05, 3.63) is 34.9 Å². The molecule has 0 saturated heterocycles. The molecule has 0 amide bonds. The first-order valence-corrected chi connectivity index (χ1v) is 5.44. The highest BCUT2D eigenvalue weighted by Crippen LogP contribution is 2.26. The lowest BCUT2D eigenvalue weighted by molar-refractivity contribution is -0.224. The van der Waals surface area contributed by atoms with Gasteiger partial charge in [0.15, 0.2) is 6.10 Å². The Morgan fingerprint density at radius 3 is 2.47 bits per heavy atom. The monoisotopic (exact) mass is 267 g/mol. The van der Waals surface area contributed by atoms with Crippen molar-refractivity contribution in [2.75, 3.05) is 6.54 Å². The summed E-state index contributed by atoms with van der Waals surface area (Å²) < 4.78 is 42.3. The predicted octanol–water partition coefficient (Wildman–Crippen LogP) is 3.14. The van der Waals surface area contributed by atoms with Gasteiger partial charge in [-0.3, -0.25) is 0 Å². The van der Waals surface area contributed by atoms with Crippen LogP contribution < -0.4 is 5.73 Å². The summed E-state index contributed by atoms with van der Waals surface area (Å²) in [6, 6.07) is 6.62. The van der Waals surface area contributed by atoms with Crippen molar-refractivity contribution in [3.8, 4) is 0 Å². The van der Waals surface area contributed by atoms with Gasteiger partial charge in [0.1, 0.15) is 0 Å². The quantitative estimate of drug-likeness (QED) is 0.890. The maximum Gasteiger partial charge on any atom is 0.414 e. The van der Waals surface area contributed by atoms with E-state index < -0.39 is 12.3 Å². The lowest BCUT2D eigenvalue weighted by Gasteiger charge is -2.20. The van der Waals surface area contributed by atoms with Gasteiger partial charge in [0, 0.05) is 5.02 Å². The fraction of sp³-hybridized carbons (Fsp3) is 0.455. The second kappa shape index (κ2) is 6.23. The Balaban J connectivity index is 2.61. The minimum Gasteiger partial charge on any atom is -0.364 e. The topological polar surface area (TPSA) is 35.2 Å². The molecule has 2 nitrogen and oxygen atoms in total. The lowest BCUT2D eigenvalue weighted by atomic mass is 10.2. The number of nitrogens with two attached hydrogens (primary N) is 1. The minimum absolute atomic E-state index is 0.0767. The van der Waals surface area contributed by atoms with Crippen molar-refractivity contribution in [2.45, 2.75) is 25.3 Å². The Kier molecular flexibility index (Phi) is 5.24. The van der Waals surface area contributed by atoms with Gasteiger partial charge in [0.2, 0.25) is 0 Å². The van der Waals surface area contributed by atoms with E-state index in [1.54, 1.807) is 24.3 Å². The third-order valence-corrected chi connectivity index (χ3v) is 2.56. The van der Waals surface area contributed by atoms with Crippen molar-refractivity contribution in [3.63, 3.8) is 0 Å². The Morgan fingerprint density at radius 2 is 1.94 bits per heavy atom. The van der Waals surface area contributed by atoms with Gasteiger partial charge < -0.3 is 10.5 Å². The van der Waals surface area contributed by atoms with Gasteiger partial charge >= 0.3 is 6.18 Å². The predicted molar refractivity (Wildman–Crippen MR) is 59.8 cm³/mol. The van der Waals surface area contributed by atoms with Crippen LogP contribution in [0.3, 0.4) is 0 Å². The van der Waals surface area contributed by atoms with Crippen molar-refractivity contribution < 1.29 is 17.9 Å². The highest BCUT2D eigenvalue weighted by molar-refractivity contribution is 6.31. The average molecular weight is 268 g/mol. The van der Waals surface area contributed by atoms with Gasteiger partial charge in [-0.05, 0) is 24.6 Å². The van der Waals surface area contributed by atoms with Crippen LogP contribution >= 0.6 is 11.6 Å². The zero-order valence-electron chi connectivity index (χ0n) is 9.01. The van der Waals surface area contributed by atoms with Gasteiger partial charge in [0.05, 0.1) is 6.61 Å². The molecule has 0 aliphatic carbocycles. The van der Waals surface area contributed by atoms with Crippen molar-refractivity contribution in [1.29, 1.82) is 0 Å². The number of ether oxygens (including phenoxy) is 1. The van der Waals surface area contributed by atoms with Gasteiger partial charge in [-0.1, -0.05) is 29.8 Å². The van der Waals surface area contributed by atoms with E-state index >= 15 is 0 Å². The highest BCUT2D eigenvalue weighted by Gasteiger charge is 2.39. The van der Waals surface area contributed by atoms with Crippen LogP contribution in [0.15, 0.2) is 24.3 Å². The maximum absolute atomic E-state index is 12.5. The molecule has 1 rings (SSSR count). The smallest absolute Gasteiger partial charge is 0.364 e. The molecular weight excluding hydrogens is 255 g/mol. The molecule has 0 bridgehead atoms. The zero-order valence-corrected chi connectivity index (χ0v) is 9.76. The van der Waals surface area contributed by atoms with Gasteiger partial charge in [-0.15, -0.1) is 0 Å². The third kappa shape index (κ3) is 4.53. The van der Waals surface area contributed by atoms with E-state index in [0.29, 0.717) is 10.6 Å². The van der Waals surface area contributed by atoms with E-state index in [2.05, 4.69) is 0 Å². The Morgan fingerprint density at radius 1 is 1.29 bits per heavy atom. The molecule has 2 N–H and O–H groups in total. The summed E-state index contributed by atoms with van der Waals surface area (Å²) in [7, 11) is 0.